The molecule has 164 valence electrons. The van der Waals surface area contributed by atoms with Crippen LogP contribution < -0.4 is 22.3 Å². The highest BCUT2D eigenvalue weighted by Crippen LogP contribution is 2.26. The molecule has 10 nitrogen and oxygen atoms in total. The molecule has 1 heterocycles. The molecule has 0 saturated carbocycles. The Kier molecular flexibility index (Phi) is 8.16. The molecule has 2 rings (SSSR count). The van der Waals surface area contributed by atoms with Crippen molar-refractivity contribution >= 4 is 11.8 Å². The third-order valence-corrected chi connectivity index (χ3v) is 4.98. The normalized spacial score (nSPS) is 13.1. The fourth-order valence-electron chi connectivity index (χ4n) is 3.50. The first-order valence-electron chi connectivity index (χ1n) is 9.91. The molecule has 1 unspecified atom stereocenters. The first kappa shape index (κ1) is 23.1. The van der Waals surface area contributed by atoms with Crippen LogP contribution in [0, 0.1) is 17.8 Å². The van der Waals surface area contributed by atoms with Crippen LogP contribution in [0.4, 0.5) is 0 Å². The van der Waals surface area contributed by atoms with E-state index in [1.54, 1.807) is 5.48 Å². The van der Waals surface area contributed by atoms with Gasteiger partial charge in [0, 0.05) is 7.05 Å². The zero-order valence-electron chi connectivity index (χ0n) is 17.4. The first-order chi connectivity index (χ1) is 14.2. The molecule has 10 heteroatoms. The summed E-state index contributed by atoms with van der Waals surface area (Å²) < 4.78 is 1.52. The van der Waals surface area contributed by atoms with Gasteiger partial charge < -0.3 is 0 Å². The fraction of sp³-hybridized carbons (Fsp3) is 0.500. The van der Waals surface area contributed by atoms with Crippen molar-refractivity contribution in [3.8, 4) is 0 Å². The molecule has 0 aliphatic rings. The van der Waals surface area contributed by atoms with E-state index >= 15 is 0 Å². The lowest BCUT2D eigenvalue weighted by atomic mass is 9.81. The van der Waals surface area contributed by atoms with Gasteiger partial charge in [-0.15, -0.1) is 4.68 Å². The maximum atomic E-state index is 13.0. The van der Waals surface area contributed by atoms with Gasteiger partial charge in [0.25, 0.3) is 0 Å². The predicted molar refractivity (Wildman–Crippen MR) is 110 cm³/mol. The van der Waals surface area contributed by atoms with Crippen molar-refractivity contribution in [1.29, 1.82) is 0 Å². The monoisotopic (exact) mass is 419 g/mol. The van der Waals surface area contributed by atoms with Crippen molar-refractivity contribution < 1.29 is 14.8 Å². The molecule has 2 amide bonds. The Balaban J connectivity index is 2.21. The zero-order valence-corrected chi connectivity index (χ0v) is 17.4. The Morgan fingerprint density at radius 3 is 2.30 bits per heavy atom. The van der Waals surface area contributed by atoms with Crippen LogP contribution in [0.15, 0.2) is 39.9 Å². The predicted octanol–water partition coefficient (Wildman–Crippen LogP) is 0.752. The average Bonchev–Trinajstić information content (AvgIpc) is 2.95. The first-order valence-corrected chi connectivity index (χ1v) is 9.91. The molecule has 0 spiro atoms. The van der Waals surface area contributed by atoms with Gasteiger partial charge in [0.05, 0.1) is 11.8 Å². The number of nitrogens with zero attached hydrogens (tertiary/aromatic N) is 2. The minimum absolute atomic E-state index is 0.0645. The van der Waals surface area contributed by atoms with Crippen molar-refractivity contribution in [1.82, 2.24) is 19.9 Å². The van der Waals surface area contributed by atoms with Crippen LogP contribution >= 0.6 is 0 Å². The van der Waals surface area contributed by atoms with Gasteiger partial charge in [0.1, 0.15) is 0 Å². The Bertz CT molecular complexity index is 960. The number of aromatic nitrogens is 3. The second kappa shape index (κ2) is 10.6. The van der Waals surface area contributed by atoms with Gasteiger partial charge in [-0.2, -0.15) is 0 Å². The lowest BCUT2D eigenvalue weighted by Crippen LogP contribution is -2.46. The van der Waals surface area contributed by atoms with E-state index in [0.717, 1.165) is 10.2 Å². The lowest BCUT2D eigenvalue weighted by molar-refractivity contribution is -0.139. The van der Waals surface area contributed by atoms with Crippen molar-refractivity contribution in [2.45, 2.75) is 39.5 Å². The van der Waals surface area contributed by atoms with Gasteiger partial charge in [0.2, 0.25) is 11.8 Å². The van der Waals surface area contributed by atoms with Crippen molar-refractivity contribution in [2.75, 3.05) is 5.43 Å². The summed E-state index contributed by atoms with van der Waals surface area (Å²) in [6.45, 7) is 3.80. The number of carbonyl (C=O) groups is 2. The largest absolute Gasteiger partial charge is 0.366 e. The summed E-state index contributed by atoms with van der Waals surface area (Å²) in [6, 6.07) is 9.73. The van der Waals surface area contributed by atoms with Gasteiger partial charge in [0.15, 0.2) is 0 Å². The number of nitrogens with one attached hydrogen (secondary N) is 3. The molecule has 0 bridgehead atoms. The highest BCUT2D eigenvalue weighted by Gasteiger charge is 2.34. The molecule has 0 saturated heterocycles. The number of hydrogen-bond acceptors (Lipinski definition) is 5. The molecule has 30 heavy (non-hydrogen) atoms. The van der Waals surface area contributed by atoms with Crippen LogP contribution in [0.5, 0.6) is 0 Å². The number of hydrogen-bond donors (Lipinski definition) is 4. The third-order valence-electron chi connectivity index (χ3n) is 4.98. The number of rotatable bonds is 10. The minimum Gasteiger partial charge on any atom is -0.289 e. The molecule has 4 N–H and O–H groups in total. The van der Waals surface area contributed by atoms with Gasteiger partial charge in [-0.3, -0.25) is 20.2 Å². The molecule has 0 radical (unpaired) electrons. The van der Waals surface area contributed by atoms with E-state index in [1.807, 2.05) is 44.2 Å². The molecule has 0 fully saturated rings. The number of H-pyrrole nitrogens is 1. The molecular weight excluding hydrogens is 390 g/mol. The lowest BCUT2D eigenvalue weighted by Gasteiger charge is -2.26. The summed E-state index contributed by atoms with van der Waals surface area (Å²) in [7, 11) is 1.35. The average molecular weight is 419 g/mol. The number of benzene rings is 1. The standard InChI is InChI=1S/C20H29N5O5/c1-13(2)12-16(17(26)21-25-19(28)22-24(3)20(25)29)15(18(27)23-30)11-7-10-14-8-5-4-6-9-14/h4-6,8-9,13,15-16,30H,7,10-12H2,1-3H3,(H,21,26)(H,22,28)(H,23,27)/t15-,16?/m1/s1. The van der Waals surface area contributed by atoms with Crippen molar-refractivity contribution in [2.24, 2.45) is 24.8 Å². The molecule has 2 aromatic rings. The molecule has 0 aliphatic heterocycles. The minimum atomic E-state index is -0.834. The second-order valence-electron chi connectivity index (χ2n) is 7.77. The summed E-state index contributed by atoms with van der Waals surface area (Å²) >= 11 is 0. The number of aryl methyl sites for hydroxylation is 2. The van der Waals surface area contributed by atoms with E-state index in [9.17, 15) is 24.4 Å². The SMILES string of the molecule is CC(C)CC(C(=O)Nn1c(=O)[nH]n(C)c1=O)[C@@H](CCCc1ccccc1)C(=O)NO. The fourth-order valence-corrected chi connectivity index (χ4v) is 3.50. The number of hydroxylamine groups is 1. The third kappa shape index (κ3) is 5.93. The smallest absolute Gasteiger partial charge is 0.289 e. The van der Waals surface area contributed by atoms with Crippen LogP contribution in [0.2, 0.25) is 0 Å². The number of amides is 2. The summed E-state index contributed by atoms with van der Waals surface area (Å²) in [6.07, 6.45) is 2.03. The van der Waals surface area contributed by atoms with Crippen LogP contribution in [0.1, 0.15) is 38.7 Å². The Morgan fingerprint density at radius 1 is 1.10 bits per heavy atom. The summed E-state index contributed by atoms with van der Waals surface area (Å²) in [4.78, 5) is 49.3. The van der Waals surface area contributed by atoms with Crippen LogP contribution in [-0.4, -0.2) is 31.5 Å². The zero-order chi connectivity index (χ0) is 22.3. The Hall–Kier alpha value is -3.14. The van der Waals surface area contributed by atoms with E-state index in [2.05, 4.69) is 10.5 Å². The molecule has 0 aliphatic carbocycles. The molecule has 1 aromatic heterocycles. The van der Waals surface area contributed by atoms with Crippen LogP contribution in [0.3, 0.4) is 0 Å². The summed E-state index contributed by atoms with van der Waals surface area (Å²) in [5.41, 5.74) is 3.55. The van der Waals surface area contributed by atoms with Crippen molar-refractivity contribution in [3.63, 3.8) is 0 Å². The van der Waals surface area contributed by atoms with E-state index in [1.165, 1.54) is 7.05 Å². The maximum absolute atomic E-state index is 13.0. The highest BCUT2D eigenvalue weighted by atomic mass is 16.5. The van der Waals surface area contributed by atoms with Gasteiger partial charge >= 0.3 is 11.4 Å². The maximum Gasteiger partial charge on any atom is 0.366 e. The van der Waals surface area contributed by atoms with Crippen LogP contribution in [0.25, 0.3) is 0 Å². The van der Waals surface area contributed by atoms with Crippen LogP contribution in [-0.2, 0) is 23.1 Å². The quantitative estimate of drug-likeness (QED) is 0.333. The van der Waals surface area contributed by atoms with E-state index in [-0.39, 0.29) is 5.92 Å². The van der Waals surface area contributed by atoms with Crippen molar-refractivity contribution in [3.05, 3.63) is 56.9 Å². The summed E-state index contributed by atoms with van der Waals surface area (Å²) in [5, 5.41) is 11.5. The van der Waals surface area contributed by atoms with E-state index in [0.29, 0.717) is 30.4 Å². The van der Waals surface area contributed by atoms with E-state index in [4.69, 9.17) is 0 Å². The Labute approximate surface area is 173 Å². The number of carbonyl (C=O) groups excluding carboxylic acids is 2. The molecule has 1 aromatic carbocycles. The topological polar surface area (TPSA) is 138 Å². The second-order valence-corrected chi connectivity index (χ2v) is 7.77. The van der Waals surface area contributed by atoms with Gasteiger partial charge in [-0.25, -0.2) is 24.8 Å². The highest BCUT2D eigenvalue weighted by molar-refractivity contribution is 5.91. The number of aromatic amines is 1. The van der Waals surface area contributed by atoms with Gasteiger partial charge in [-0.1, -0.05) is 44.2 Å². The molecule has 2 atom stereocenters. The summed E-state index contributed by atoms with van der Waals surface area (Å²) in [5.74, 6) is -2.89. The molecular formula is C20H29N5O5. The van der Waals surface area contributed by atoms with Gasteiger partial charge in [-0.05, 0) is 37.2 Å². The van der Waals surface area contributed by atoms with E-state index < -0.39 is 35.0 Å². The Morgan fingerprint density at radius 2 is 1.77 bits per heavy atom.